The number of fused-ring (bicyclic) bond motifs is 4. The van der Waals surface area contributed by atoms with Crippen molar-refractivity contribution in [1.82, 2.24) is 0 Å². The minimum Gasteiger partial charge on any atom is -0.268 e. The van der Waals surface area contributed by atoms with Crippen LogP contribution in [0.1, 0.15) is 62.0 Å². The smallest absolute Gasteiger partial charge is 0.251 e. The summed E-state index contributed by atoms with van der Waals surface area (Å²) in [5.41, 5.74) is 3.42. The molecule has 0 amide bonds. The van der Waals surface area contributed by atoms with Crippen molar-refractivity contribution >= 4 is 11.8 Å². The highest BCUT2D eigenvalue weighted by molar-refractivity contribution is 5.81. The Bertz CT molecular complexity index is 641. The Morgan fingerprint density at radius 3 is 2.70 bits per heavy atom. The van der Waals surface area contributed by atoms with Gasteiger partial charge < -0.3 is 0 Å². The monoisotopic (exact) mass is 315 g/mol. The van der Waals surface area contributed by atoms with E-state index in [0.717, 1.165) is 36.8 Å². The van der Waals surface area contributed by atoms with E-state index in [9.17, 15) is 8.78 Å². The van der Waals surface area contributed by atoms with Crippen LogP contribution < -0.4 is 0 Å². The van der Waals surface area contributed by atoms with Gasteiger partial charge in [-0.1, -0.05) is 43.5 Å². The molecule has 0 spiro atoms. The molecule has 1 saturated carbocycles. The number of aliphatic imine (C=N–C) groups is 1. The number of hydrogen-bond acceptors (Lipinski definition) is 1. The highest BCUT2D eigenvalue weighted by atomic mass is 19.3. The summed E-state index contributed by atoms with van der Waals surface area (Å²) in [5, 5.41) is 0. The molecule has 3 heteroatoms. The fourth-order valence-corrected chi connectivity index (χ4v) is 4.62. The second kappa shape index (κ2) is 5.85. The molecule has 1 aliphatic heterocycles. The van der Waals surface area contributed by atoms with Crippen LogP contribution in [0, 0.1) is 11.8 Å². The normalized spacial score (nSPS) is 27.5. The highest BCUT2D eigenvalue weighted by Gasteiger charge is 2.45. The van der Waals surface area contributed by atoms with E-state index < -0.39 is 11.8 Å². The minimum absolute atomic E-state index is 0.0291. The van der Waals surface area contributed by atoms with Gasteiger partial charge in [-0.05, 0) is 41.9 Å². The van der Waals surface area contributed by atoms with E-state index in [4.69, 9.17) is 0 Å². The van der Waals surface area contributed by atoms with Crippen molar-refractivity contribution in [3.05, 3.63) is 41.6 Å². The maximum absolute atomic E-state index is 15.0. The molecule has 1 fully saturated rings. The van der Waals surface area contributed by atoms with Crippen molar-refractivity contribution < 1.29 is 8.78 Å². The van der Waals surface area contributed by atoms with Gasteiger partial charge in [0, 0.05) is 30.7 Å². The van der Waals surface area contributed by atoms with Crippen molar-refractivity contribution in [1.29, 1.82) is 0 Å². The summed E-state index contributed by atoms with van der Waals surface area (Å²) >= 11 is 0. The number of hydrogen-bond donors (Lipinski definition) is 0. The van der Waals surface area contributed by atoms with E-state index in [1.165, 1.54) is 5.57 Å². The van der Waals surface area contributed by atoms with Gasteiger partial charge in [0.05, 0.1) is 0 Å². The Hall–Kier alpha value is -1.51. The lowest BCUT2D eigenvalue weighted by atomic mass is 9.69. The summed E-state index contributed by atoms with van der Waals surface area (Å²) in [6, 6.07) is 8.07. The van der Waals surface area contributed by atoms with Crippen LogP contribution >= 0.6 is 0 Å². The molecule has 2 unspecified atom stereocenters. The Morgan fingerprint density at radius 1 is 1.09 bits per heavy atom. The molecule has 1 aromatic carbocycles. The zero-order chi connectivity index (χ0) is 15.9. The van der Waals surface area contributed by atoms with E-state index in [2.05, 4.69) is 11.1 Å². The third-order valence-electron chi connectivity index (χ3n) is 5.88. The first-order valence-electron chi connectivity index (χ1n) is 8.84. The first-order valence-corrected chi connectivity index (χ1v) is 8.84. The van der Waals surface area contributed by atoms with E-state index in [0.29, 0.717) is 12.8 Å². The molecule has 2 aliphatic carbocycles. The first-order chi connectivity index (χ1) is 11.1. The molecule has 122 valence electrons. The van der Waals surface area contributed by atoms with Crippen LogP contribution in [0.15, 0.2) is 35.5 Å². The quantitative estimate of drug-likeness (QED) is 0.666. The number of allylic oxidation sites excluding steroid dienone is 1. The predicted octanol–water partition coefficient (Wildman–Crippen LogP) is 5.82. The Morgan fingerprint density at radius 2 is 1.87 bits per heavy atom. The van der Waals surface area contributed by atoms with Gasteiger partial charge in [0.2, 0.25) is 0 Å². The van der Waals surface area contributed by atoms with E-state index in [1.807, 2.05) is 30.6 Å². The van der Waals surface area contributed by atoms with Crippen LogP contribution in [-0.4, -0.2) is 12.1 Å². The number of halogens is 2. The molecule has 3 aliphatic rings. The second-order valence-corrected chi connectivity index (χ2v) is 7.31. The van der Waals surface area contributed by atoms with Crippen LogP contribution in [0.4, 0.5) is 8.78 Å². The Balaban J connectivity index is 1.64. The van der Waals surface area contributed by atoms with Crippen LogP contribution in [0.3, 0.4) is 0 Å². The van der Waals surface area contributed by atoms with Crippen LogP contribution in [-0.2, 0) is 0 Å². The Labute approximate surface area is 136 Å². The SMILES string of the molecule is FC(F)(CC1c2ccccc2C2=CN=CC1C2)C1CCCCC1. The molecule has 1 nitrogen and oxygen atoms in total. The fraction of sp³-hybridized carbons (Fsp3) is 0.550. The molecule has 1 heterocycles. The molecular weight excluding hydrogens is 292 g/mol. The van der Waals surface area contributed by atoms with E-state index >= 15 is 0 Å². The minimum atomic E-state index is -2.56. The summed E-state index contributed by atoms with van der Waals surface area (Å²) in [6.45, 7) is 0. The van der Waals surface area contributed by atoms with Crippen LogP contribution in [0.25, 0.3) is 5.57 Å². The van der Waals surface area contributed by atoms with E-state index in [1.54, 1.807) is 0 Å². The lowest BCUT2D eigenvalue weighted by Gasteiger charge is -2.39. The third-order valence-corrected chi connectivity index (χ3v) is 5.88. The molecule has 1 aromatic rings. The van der Waals surface area contributed by atoms with Gasteiger partial charge in [0.15, 0.2) is 0 Å². The standard InChI is InChI=1S/C20H23F2N/c21-20(22,16-6-2-1-3-7-16)11-19-15-10-14(12-23-13-15)17-8-4-5-9-18(17)19/h4-5,8-9,12-13,15-16,19H,1-3,6-7,10-11H2. The molecule has 2 atom stereocenters. The molecule has 0 saturated heterocycles. The molecule has 0 aromatic heterocycles. The van der Waals surface area contributed by atoms with Gasteiger partial charge >= 0.3 is 0 Å². The van der Waals surface area contributed by atoms with Gasteiger partial charge in [0.25, 0.3) is 5.92 Å². The van der Waals surface area contributed by atoms with Crippen molar-refractivity contribution in [3.8, 4) is 0 Å². The van der Waals surface area contributed by atoms with Gasteiger partial charge in [-0.3, -0.25) is 4.99 Å². The van der Waals surface area contributed by atoms with Crippen molar-refractivity contribution in [3.63, 3.8) is 0 Å². The Kier molecular flexibility index (Phi) is 3.82. The molecule has 0 radical (unpaired) electrons. The van der Waals surface area contributed by atoms with Crippen LogP contribution in [0.2, 0.25) is 0 Å². The first kappa shape index (κ1) is 15.0. The number of nitrogens with zero attached hydrogens (tertiary/aromatic N) is 1. The topological polar surface area (TPSA) is 12.4 Å². The molecule has 2 bridgehead atoms. The zero-order valence-corrected chi connectivity index (χ0v) is 13.3. The van der Waals surface area contributed by atoms with Crippen molar-refractivity contribution in [2.45, 2.75) is 56.8 Å². The average Bonchev–Trinajstić information content (AvgIpc) is 2.60. The van der Waals surface area contributed by atoms with Crippen molar-refractivity contribution in [2.75, 3.05) is 0 Å². The van der Waals surface area contributed by atoms with Gasteiger partial charge in [-0.2, -0.15) is 0 Å². The highest BCUT2D eigenvalue weighted by Crippen LogP contribution is 2.50. The maximum atomic E-state index is 15.0. The van der Waals surface area contributed by atoms with Gasteiger partial charge in [-0.25, -0.2) is 8.78 Å². The zero-order valence-electron chi connectivity index (χ0n) is 13.3. The number of rotatable bonds is 3. The summed E-state index contributed by atoms with van der Waals surface area (Å²) in [7, 11) is 0. The number of benzene rings is 1. The lowest BCUT2D eigenvalue weighted by Crippen LogP contribution is -2.35. The molecule has 0 N–H and O–H groups in total. The molecule has 23 heavy (non-hydrogen) atoms. The van der Waals surface area contributed by atoms with Crippen LogP contribution in [0.5, 0.6) is 0 Å². The summed E-state index contributed by atoms with van der Waals surface area (Å²) < 4.78 is 29.9. The average molecular weight is 315 g/mol. The number of alkyl halides is 2. The second-order valence-electron chi connectivity index (χ2n) is 7.31. The summed E-state index contributed by atoms with van der Waals surface area (Å²) in [4.78, 5) is 4.32. The van der Waals surface area contributed by atoms with Crippen molar-refractivity contribution in [2.24, 2.45) is 16.8 Å². The summed E-state index contributed by atoms with van der Waals surface area (Å²) in [6.07, 6.45) is 9.01. The maximum Gasteiger partial charge on any atom is 0.251 e. The fourth-order valence-electron chi connectivity index (χ4n) is 4.62. The lowest BCUT2D eigenvalue weighted by molar-refractivity contribution is -0.0842. The predicted molar refractivity (Wildman–Crippen MR) is 89.9 cm³/mol. The van der Waals surface area contributed by atoms with Gasteiger partial charge in [-0.15, -0.1) is 0 Å². The third kappa shape index (κ3) is 2.75. The van der Waals surface area contributed by atoms with E-state index in [-0.39, 0.29) is 18.3 Å². The molecular formula is C20H23F2N. The molecule has 4 rings (SSSR count). The largest absolute Gasteiger partial charge is 0.268 e. The summed E-state index contributed by atoms with van der Waals surface area (Å²) in [5.74, 6) is -2.98. The van der Waals surface area contributed by atoms with Gasteiger partial charge in [0.1, 0.15) is 0 Å².